The fourth-order valence-corrected chi connectivity index (χ4v) is 3.43. The summed E-state index contributed by atoms with van der Waals surface area (Å²) >= 11 is 0. The van der Waals surface area contributed by atoms with Crippen molar-refractivity contribution in [3.8, 4) is 0 Å². The molecule has 1 heterocycles. The maximum Gasteiger partial charge on any atom is 0.0697 e. The molecule has 0 aromatic carbocycles. The molecular formula is C16H31NO2. The minimum atomic E-state index is 0.219. The molecule has 1 aliphatic heterocycles. The zero-order valence-electron chi connectivity index (χ0n) is 12.6. The molecule has 1 saturated heterocycles. The predicted octanol–water partition coefficient (Wildman–Crippen LogP) is 3.27. The summed E-state index contributed by atoms with van der Waals surface area (Å²) in [6, 6.07) is 0.640. The SMILES string of the molecule is CCCCOCCNC1CCOC2(CCCCC2)C1. The van der Waals surface area contributed by atoms with E-state index in [0.717, 1.165) is 32.8 Å². The molecule has 0 aromatic heterocycles. The van der Waals surface area contributed by atoms with Crippen molar-refractivity contribution >= 4 is 0 Å². The smallest absolute Gasteiger partial charge is 0.0697 e. The van der Waals surface area contributed by atoms with E-state index in [4.69, 9.17) is 9.47 Å². The minimum absolute atomic E-state index is 0.219. The summed E-state index contributed by atoms with van der Waals surface area (Å²) < 4.78 is 11.7. The van der Waals surface area contributed by atoms with Gasteiger partial charge in [-0.25, -0.2) is 0 Å². The first-order chi connectivity index (χ1) is 9.35. The highest BCUT2D eigenvalue weighted by Gasteiger charge is 2.38. The molecule has 3 heteroatoms. The normalized spacial score (nSPS) is 26.7. The van der Waals surface area contributed by atoms with Gasteiger partial charge in [-0.15, -0.1) is 0 Å². The van der Waals surface area contributed by atoms with Crippen molar-refractivity contribution in [2.45, 2.75) is 76.4 Å². The van der Waals surface area contributed by atoms with Crippen molar-refractivity contribution in [1.29, 1.82) is 0 Å². The molecule has 19 heavy (non-hydrogen) atoms. The van der Waals surface area contributed by atoms with E-state index in [1.807, 2.05) is 0 Å². The third-order valence-electron chi connectivity index (χ3n) is 4.58. The molecular weight excluding hydrogens is 238 g/mol. The molecule has 1 N–H and O–H groups in total. The third-order valence-corrected chi connectivity index (χ3v) is 4.58. The van der Waals surface area contributed by atoms with E-state index in [1.54, 1.807) is 0 Å². The fraction of sp³-hybridized carbons (Fsp3) is 1.00. The molecule has 1 atom stereocenters. The van der Waals surface area contributed by atoms with Gasteiger partial charge in [0, 0.05) is 25.8 Å². The number of rotatable bonds is 7. The van der Waals surface area contributed by atoms with Crippen LogP contribution in [0.2, 0.25) is 0 Å². The van der Waals surface area contributed by atoms with Gasteiger partial charge in [-0.2, -0.15) is 0 Å². The molecule has 0 radical (unpaired) electrons. The second-order valence-electron chi connectivity index (χ2n) is 6.20. The Balaban J connectivity index is 1.61. The first-order valence-corrected chi connectivity index (χ1v) is 8.30. The van der Waals surface area contributed by atoms with Crippen LogP contribution < -0.4 is 5.32 Å². The number of nitrogens with one attached hydrogen (secondary N) is 1. The van der Waals surface area contributed by atoms with E-state index in [2.05, 4.69) is 12.2 Å². The molecule has 0 bridgehead atoms. The molecule has 1 aliphatic carbocycles. The predicted molar refractivity (Wildman–Crippen MR) is 78.5 cm³/mol. The van der Waals surface area contributed by atoms with Gasteiger partial charge >= 0.3 is 0 Å². The van der Waals surface area contributed by atoms with Gasteiger partial charge < -0.3 is 14.8 Å². The lowest BCUT2D eigenvalue weighted by molar-refractivity contribution is -0.109. The molecule has 2 aliphatic rings. The molecule has 0 amide bonds. The Labute approximate surface area is 118 Å². The summed E-state index contributed by atoms with van der Waals surface area (Å²) in [5.41, 5.74) is 0.219. The van der Waals surface area contributed by atoms with E-state index in [0.29, 0.717) is 6.04 Å². The number of unbranched alkanes of at least 4 members (excludes halogenated alkanes) is 1. The molecule has 3 nitrogen and oxygen atoms in total. The fourth-order valence-electron chi connectivity index (χ4n) is 3.43. The average molecular weight is 269 g/mol. The number of hydrogen-bond donors (Lipinski definition) is 1. The molecule has 1 spiro atoms. The van der Waals surface area contributed by atoms with Crippen molar-refractivity contribution in [2.24, 2.45) is 0 Å². The summed E-state index contributed by atoms with van der Waals surface area (Å²) in [5.74, 6) is 0. The largest absolute Gasteiger partial charge is 0.380 e. The molecule has 112 valence electrons. The van der Waals surface area contributed by atoms with Gasteiger partial charge in [-0.3, -0.25) is 0 Å². The first kappa shape index (κ1) is 15.3. The van der Waals surface area contributed by atoms with Crippen molar-refractivity contribution in [3.05, 3.63) is 0 Å². The lowest BCUT2D eigenvalue weighted by Crippen LogP contribution is -2.48. The summed E-state index contributed by atoms with van der Waals surface area (Å²) in [7, 11) is 0. The Kier molecular flexibility index (Phi) is 6.62. The van der Waals surface area contributed by atoms with E-state index >= 15 is 0 Å². The molecule has 0 aromatic rings. The minimum Gasteiger partial charge on any atom is -0.380 e. The van der Waals surface area contributed by atoms with Gasteiger partial charge in [0.1, 0.15) is 0 Å². The van der Waals surface area contributed by atoms with Crippen LogP contribution in [-0.2, 0) is 9.47 Å². The van der Waals surface area contributed by atoms with Gasteiger partial charge in [0.15, 0.2) is 0 Å². The lowest BCUT2D eigenvalue weighted by Gasteiger charge is -2.43. The van der Waals surface area contributed by atoms with Crippen LogP contribution in [0.4, 0.5) is 0 Å². The summed E-state index contributed by atoms with van der Waals surface area (Å²) in [4.78, 5) is 0. The van der Waals surface area contributed by atoms with Crippen molar-refractivity contribution in [2.75, 3.05) is 26.4 Å². The Morgan fingerprint density at radius 1 is 1.21 bits per heavy atom. The topological polar surface area (TPSA) is 30.5 Å². The van der Waals surface area contributed by atoms with E-state index < -0.39 is 0 Å². The molecule has 1 saturated carbocycles. The van der Waals surface area contributed by atoms with Crippen LogP contribution in [-0.4, -0.2) is 38.0 Å². The van der Waals surface area contributed by atoms with Crippen LogP contribution in [0.5, 0.6) is 0 Å². The van der Waals surface area contributed by atoms with E-state index in [9.17, 15) is 0 Å². The number of ether oxygens (including phenoxy) is 2. The molecule has 2 fully saturated rings. The van der Waals surface area contributed by atoms with Crippen molar-refractivity contribution in [3.63, 3.8) is 0 Å². The van der Waals surface area contributed by atoms with Crippen LogP contribution in [0, 0.1) is 0 Å². The highest BCUT2D eigenvalue weighted by atomic mass is 16.5. The standard InChI is InChI=1S/C16H31NO2/c1-2-3-11-18-13-10-17-15-7-12-19-16(14-15)8-5-4-6-9-16/h15,17H,2-14H2,1H3. The van der Waals surface area contributed by atoms with Crippen LogP contribution in [0.25, 0.3) is 0 Å². The summed E-state index contributed by atoms with van der Waals surface area (Å²) in [6.45, 7) is 5.90. The van der Waals surface area contributed by atoms with Crippen LogP contribution in [0.1, 0.15) is 64.7 Å². The van der Waals surface area contributed by atoms with Crippen molar-refractivity contribution < 1.29 is 9.47 Å². The third kappa shape index (κ3) is 5.05. The Bertz CT molecular complexity index is 233. The summed E-state index contributed by atoms with van der Waals surface area (Å²) in [6.07, 6.45) is 11.4. The second-order valence-corrected chi connectivity index (χ2v) is 6.20. The zero-order chi connectivity index (χ0) is 13.4. The van der Waals surface area contributed by atoms with Gasteiger partial charge in [0.25, 0.3) is 0 Å². The van der Waals surface area contributed by atoms with E-state index in [1.165, 1.54) is 51.4 Å². The van der Waals surface area contributed by atoms with Crippen LogP contribution in [0.3, 0.4) is 0 Å². The van der Waals surface area contributed by atoms with Gasteiger partial charge in [0.05, 0.1) is 12.2 Å². The van der Waals surface area contributed by atoms with Crippen molar-refractivity contribution in [1.82, 2.24) is 5.32 Å². The van der Waals surface area contributed by atoms with Crippen LogP contribution >= 0.6 is 0 Å². The lowest BCUT2D eigenvalue weighted by atomic mass is 9.78. The Morgan fingerprint density at radius 3 is 2.84 bits per heavy atom. The molecule has 1 unspecified atom stereocenters. The zero-order valence-corrected chi connectivity index (χ0v) is 12.6. The second kappa shape index (κ2) is 8.23. The van der Waals surface area contributed by atoms with Gasteiger partial charge in [-0.05, 0) is 32.1 Å². The maximum absolute atomic E-state index is 6.12. The molecule has 2 rings (SSSR count). The monoisotopic (exact) mass is 269 g/mol. The van der Waals surface area contributed by atoms with Gasteiger partial charge in [-0.1, -0.05) is 32.6 Å². The van der Waals surface area contributed by atoms with E-state index in [-0.39, 0.29) is 5.60 Å². The van der Waals surface area contributed by atoms with Gasteiger partial charge in [0.2, 0.25) is 0 Å². The Hall–Kier alpha value is -0.120. The highest BCUT2D eigenvalue weighted by Crippen LogP contribution is 2.38. The summed E-state index contributed by atoms with van der Waals surface area (Å²) in [5, 5.41) is 3.67. The average Bonchev–Trinajstić information content (AvgIpc) is 2.44. The first-order valence-electron chi connectivity index (χ1n) is 8.30. The maximum atomic E-state index is 6.12. The quantitative estimate of drug-likeness (QED) is 0.720. The Morgan fingerprint density at radius 2 is 2.05 bits per heavy atom. The van der Waals surface area contributed by atoms with Crippen LogP contribution in [0.15, 0.2) is 0 Å². The highest BCUT2D eigenvalue weighted by molar-refractivity contribution is 4.91. The number of hydrogen-bond acceptors (Lipinski definition) is 3.